The molecule has 6 N–H and O–H groups in total. The number of pyridine rings is 1. The Bertz CT molecular complexity index is 849. The minimum atomic E-state index is 0.152. The molecule has 0 amide bonds. The van der Waals surface area contributed by atoms with E-state index in [1.807, 2.05) is 18.2 Å². The number of hydrogen-bond acceptors (Lipinski definition) is 7. The van der Waals surface area contributed by atoms with Crippen molar-refractivity contribution in [3.8, 4) is 5.75 Å². The zero-order chi connectivity index (χ0) is 15.7. The van der Waals surface area contributed by atoms with Gasteiger partial charge in [0, 0.05) is 29.8 Å². The number of nitrogens with zero attached hydrogens (tertiary/aromatic N) is 3. The van der Waals surface area contributed by atoms with Gasteiger partial charge in [0.1, 0.15) is 11.6 Å². The Morgan fingerprint density at radius 3 is 2.68 bits per heavy atom. The topological polar surface area (TPSA) is 126 Å². The highest BCUT2D eigenvalue weighted by Crippen LogP contribution is 2.33. The molecule has 7 heteroatoms. The molecule has 0 unspecified atom stereocenters. The monoisotopic (exact) mass is 296 g/mol. The summed E-state index contributed by atoms with van der Waals surface area (Å²) in [5, 5.41) is 0.840. The van der Waals surface area contributed by atoms with Crippen LogP contribution in [0.3, 0.4) is 0 Å². The summed E-state index contributed by atoms with van der Waals surface area (Å²) in [6.07, 6.45) is 3.85. The van der Waals surface area contributed by atoms with Crippen molar-refractivity contribution in [1.82, 2.24) is 15.0 Å². The number of nitrogens with two attached hydrogens (primary N) is 3. The average Bonchev–Trinajstić information content (AvgIpc) is 2.52. The third-order valence-corrected chi connectivity index (χ3v) is 3.49. The lowest BCUT2D eigenvalue weighted by Gasteiger charge is -2.13. The summed E-state index contributed by atoms with van der Waals surface area (Å²) in [4.78, 5) is 12.4. The molecule has 0 saturated carbocycles. The highest BCUT2D eigenvalue weighted by molar-refractivity contribution is 5.95. The maximum atomic E-state index is 6.11. The summed E-state index contributed by atoms with van der Waals surface area (Å²) in [5.41, 5.74) is 20.6. The van der Waals surface area contributed by atoms with Crippen LogP contribution in [0.5, 0.6) is 5.75 Å². The van der Waals surface area contributed by atoms with Crippen LogP contribution in [0.1, 0.15) is 11.1 Å². The van der Waals surface area contributed by atoms with Gasteiger partial charge in [-0.2, -0.15) is 4.98 Å². The summed E-state index contributed by atoms with van der Waals surface area (Å²) in [6.45, 7) is 0. The van der Waals surface area contributed by atoms with Crippen LogP contribution < -0.4 is 21.9 Å². The third kappa shape index (κ3) is 2.32. The second kappa shape index (κ2) is 5.36. The predicted molar refractivity (Wildman–Crippen MR) is 86.4 cm³/mol. The maximum Gasteiger partial charge on any atom is 0.221 e. The first-order valence-electron chi connectivity index (χ1n) is 6.67. The van der Waals surface area contributed by atoms with Gasteiger partial charge in [-0.15, -0.1) is 0 Å². The molecule has 7 nitrogen and oxygen atoms in total. The average molecular weight is 296 g/mol. The van der Waals surface area contributed by atoms with Crippen LogP contribution in [0.4, 0.5) is 17.5 Å². The van der Waals surface area contributed by atoms with Crippen molar-refractivity contribution in [2.24, 2.45) is 0 Å². The van der Waals surface area contributed by atoms with Gasteiger partial charge in [-0.3, -0.25) is 4.98 Å². The second-order valence-corrected chi connectivity index (χ2v) is 4.87. The standard InChI is InChI=1S/C15H16N6O/c1-22-11-6-8(5-9-7-20-15(18)21-14(9)17)13-10(12(11)16)3-2-4-19-13/h2-4,6-7H,5,16H2,1H3,(H4,17,18,20,21). The fourth-order valence-electron chi connectivity index (χ4n) is 2.39. The van der Waals surface area contributed by atoms with Crippen molar-refractivity contribution in [3.05, 3.63) is 41.7 Å². The van der Waals surface area contributed by atoms with E-state index >= 15 is 0 Å². The van der Waals surface area contributed by atoms with E-state index in [2.05, 4.69) is 15.0 Å². The van der Waals surface area contributed by atoms with Gasteiger partial charge in [0.25, 0.3) is 0 Å². The van der Waals surface area contributed by atoms with Gasteiger partial charge in [0.05, 0.1) is 18.3 Å². The minimum Gasteiger partial charge on any atom is -0.495 e. The van der Waals surface area contributed by atoms with Gasteiger partial charge in [-0.1, -0.05) is 0 Å². The summed E-state index contributed by atoms with van der Waals surface area (Å²) in [6, 6.07) is 5.61. The first kappa shape index (κ1) is 13.9. The van der Waals surface area contributed by atoms with Crippen molar-refractivity contribution < 1.29 is 4.74 Å². The number of rotatable bonds is 3. The Morgan fingerprint density at radius 2 is 1.95 bits per heavy atom. The molecule has 3 rings (SSSR count). The summed E-state index contributed by atoms with van der Waals surface area (Å²) in [5.74, 6) is 1.11. The maximum absolute atomic E-state index is 6.11. The van der Waals surface area contributed by atoms with Gasteiger partial charge in [0.15, 0.2) is 0 Å². The van der Waals surface area contributed by atoms with Gasteiger partial charge in [-0.05, 0) is 23.8 Å². The Morgan fingerprint density at radius 1 is 1.14 bits per heavy atom. The number of nitrogen functional groups attached to an aromatic ring is 3. The molecular formula is C15H16N6O. The number of fused-ring (bicyclic) bond motifs is 1. The van der Waals surface area contributed by atoms with Crippen molar-refractivity contribution in [2.75, 3.05) is 24.3 Å². The largest absolute Gasteiger partial charge is 0.495 e. The molecule has 0 aliphatic rings. The molecule has 2 aromatic heterocycles. The Hall–Kier alpha value is -3.09. The highest BCUT2D eigenvalue weighted by atomic mass is 16.5. The van der Waals surface area contributed by atoms with Gasteiger partial charge < -0.3 is 21.9 Å². The summed E-state index contributed by atoms with van der Waals surface area (Å²) < 4.78 is 5.35. The van der Waals surface area contributed by atoms with E-state index in [1.54, 1.807) is 19.5 Å². The molecule has 2 heterocycles. The molecule has 0 radical (unpaired) electrons. The van der Waals surface area contributed by atoms with Gasteiger partial charge in [0.2, 0.25) is 5.95 Å². The Balaban J connectivity index is 2.16. The van der Waals surface area contributed by atoms with E-state index in [9.17, 15) is 0 Å². The predicted octanol–water partition coefficient (Wildman–Crippen LogP) is 1.37. The molecule has 0 atom stereocenters. The van der Waals surface area contributed by atoms with Crippen molar-refractivity contribution >= 4 is 28.4 Å². The zero-order valence-corrected chi connectivity index (χ0v) is 12.1. The second-order valence-electron chi connectivity index (χ2n) is 4.87. The molecule has 3 aromatic rings. The summed E-state index contributed by atoms with van der Waals surface area (Å²) in [7, 11) is 1.58. The lowest BCUT2D eigenvalue weighted by Crippen LogP contribution is -2.05. The first-order valence-corrected chi connectivity index (χ1v) is 6.67. The molecule has 0 fully saturated rings. The number of ether oxygens (including phenoxy) is 1. The van der Waals surface area contributed by atoms with E-state index in [0.717, 1.165) is 22.0 Å². The molecule has 0 aliphatic carbocycles. The van der Waals surface area contributed by atoms with E-state index in [4.69, 9.17) is 21.9 Å². The van der Waals surface area contributed by atoms with Crippen LogP contribution in [0.15, 0.2) is 30.6 Å². The fraction of sp³-hybridized carbons (Fsp3) is 0.133. The molecule has 0 spiro atoms. The van der Waals surface area contributed by atoms with Gasteiger partial charge >= 0.3 is 0 Å². The van der Waals surface area contributed by atoms with E-state index in [1.165, 1.54) is 0 Å². The summed E-state index contributed by atoms with van der Waals surface area (Å²) >= 11 is 0. The third-order valence-electron chi connectivity index (χ3n) is 3.49. The lowest BCUT2D eigenvalue weighted by atomic mass is 10.0. The molecule has 1 aromatic carbocycles. The highest BCUT2D eigenvalue weighted by Gasteiger charge is 2.13. The van der Waals surface area contributed by atoms with Crippen LogP contribution in [-0.2, 0) is 6.42 Å². The zero-order valence-electron chi connectivity index (χ0n) is 12.1. The fourth-order valence-corrected chi connectivity index (χ4v) is 2.39. The van der Waals surface area contributed by atoms with E-state index < -0.39 is 0 Å². The normalized spacial score (nSPS) is 10.8. The number of methoxy groups -OCH3 is 1. The van der Waals surface area contributed by atoms with E-state index in [-0.39, 0.29) is 5.95 Å². The molecular weight excluding hydrogens is 280 g/mol. The van der Waals surface area contributed by atoms with Crippen LogP contribution in [-0.4, -0.2) is 22.1 Å². The number of aromatic nitrogens is 3. The number of benzene rings is 1. The minimum absolute atomic E-state index is 0.152. The Labute approximate surface area is 127 Å². The SMILES string of the molecule is COc1cc(Cc2cnc(N)nc2N)c2ncccc2c1N. The van der Waals surface area contributed by atoms with Crippen molar-refractivity contribution in [3.63, 3.8) is 0 Å². The van der Waals surface area contributed by atoms with Crippen molar-refractivity contribution in [1.29, 1.82) is 0 Å². The molecule has 0 aliphatic heterocycles. The smallest absolute Gasteiger partial charge is 0.221 e. The molecule has 22 heavy (non-hydrogen) atoms. The Kier molecular flexibility index (Phi) is 3.38. The van der Waals surface area contributed by atoms with E-state index in [0.29, 0.717) is 23.7 Å². The van der Waals surface area contributed by atoms with Crippen molar-refractivity contribution in [2.45, 2.75) is 6.42 Å². The molecule has 112 valence electrons. The number of anilines is 3. The number of hydrogen-bond donors (Lipinski definition) is 3. The van der Waals surface area contributed by atoms with Crippen LogP contribution in [0, 0.1) is 0 Å². The van der Waals surface area contributed by atoms with Crippen LogP contribution in [0.2, 0.25) is 0 Å². The van der Waals surface area contributed by atoms with Crippen LogP contribution in [0.25, 0.3) is 10.9 Å². The molecule has 0 bridgehead atoms. The quantitative estimate of drug-likeness (QED) is 0.623. The lowest BCUT2D eigenvalue weighted by molar-refractivity contribution is 0.417. The first-order chi connectivity index (χ1) is 10.6. The molecule has 0 saturated heterocycles. The van der Waals surface area contributed by atoms with Crippen LogP contribution >= 0.6 is 0 Å². The van der Waals surface area contributed by atoms with Gasteiger partial charge in [-0.25, -0.2) is 4.98 Å².